The lowest BCUT2D eigenvalue weighted by atomic mass is 9.95. The van der Waals surface area contributed by atoms with Crippen LogP contribution >= 0.6 is 0 Å². The first kappa shape index (κ1) is 24.3. The summed E-state index contributed by atoms with van der Waals surface area (Å²) in [5, 5.41) is 2.40. The molecule has 2 aromatic heterocycles. The maximum Gasteiger partial charge on any atom is 0.261 e. The predicted octanol–water partition coefficient (Wildman–Crippen LogP) is 2.49. The first-order valence-electron chi connectivity index (χ1n) is 10.8. The Morgan fingerprint density at radius 1 is 1.14 bits per heavy atom. The average molecular weight is 497 g/mol. The Morgan fingerprint density at radius 3 is 2.60 bits per heavy atom. The quantitative estimate of drug-likeness (QED) is 0.324. The van der Waals surface area contributed by atoms with E-state index in [2.05, 4.69) is 20.3 Å². The summed E-state index contributed by atoms with van der Waals surface area (Å²) in [7, 11) is -1.83. The van der Waals surface area contributed by atoms with Gasteiger partial charge in [0.15, 0.2) is 11.5 Å². The summed E-state index contributed by atoms with van der Waals surface area (Å²) in [6, 6.07) is 11.3. The number of nitrogens with zero attached hydrogens (tertiary/aromatic N) is 2. The molecule has 8 nitrogen and oxygen atoms in total. The third-order valence-electron chi connectivity index (χ3n) is 5.19. The van der Waals surface area contributed by atoms with Crippen molar-refractivity contribution in [3.8, 4) is 0 Å². The van der Waals surface area contributed by atoms with Crippen LogP contribution in [0.4, 0.5) is 20.2 Å². The zero-order valence-corrected chi connectivity index (χ0v) is 19.8. The molecule has 0 atom stereocenters. The van der Waals surface area contributed by atoms with Crippen molar-refractivity contribution in [1.29, 1.82) is 0 Å². The molecule has 4 aromatic rings. The predicted molar refractivity (Wildman–Crippen MR) is 133 cm³/mol. The number of amides is 1. The highest BCUT2D eigenvalue weighted by molar-refractivity contribution is 7.92. The number of imidazole rings is 1. The molecule has 0 aliphatic rings. The Morgan fingerprint density at radius 2 is 1.89 bits per heavy atom. The topological polar surface area (TPSA) is 117 Å². The van der Waals surface area contributed by atoms with E-state index in [-0.39, 0.29) is 11.4 Å². The maximum absolute atomic E-state index is 14.9. The molecule has 2 heterocycles. The third-order valence-corrected chi connectivity index (χ3v) is 6.67. The van der Waals surface area contributed by atoms with Gasteiger partial charge in [-0.25, -0.2) is 27.2 Å². The molecule has 12 heteroatoms. The smallest absolute Gasteiger partial charge is 0.261 e. The van der Waals surface area contributed by atoms with Crippen LogP contribution in [0.2, 0.25) is 0 Å². The van der Waals surface area contributed by atoms with E-state index in [4.69, 9.17) is 0 Å². The summed E-state index contributed by atoms with van der Waals surface area (Å²) < 4.78 is 55.2. The third kappa shape index (κ3) is 5.65. The summed E-state index contributed by atoms with van der Waals surface area (Å²) in [6.07, 6.45) is 2.19. The molecule has 3 N–H and O–H groups in total. The van der Waals surface area contributed by atoms with Crippen LogP contribution < -0.4 is 15.5 Å². The minimum atomic E-state index is -3.83. The van der Waals surface area contributed by atoms with Gasteiger partial charge in [-0.1, -0.05) is 36.7 Å². The number of carbonyl (C=O) groups is 1. The van der Waals surface area contributed by atoms with Crippen molar-refractivity contribution in [2.45, 2.75) is 19.8 Å². The van der Waals surface area contributed by atoms with E-state index in [9.17, 15) is 22.0 Å². The Labute approximate surface area is 201 Å². The molecule has 0 unspecified atom stereocenters. The number of rotatable bonds is 8. The van der Waals surface area contributed by atoms with Crippen LogP contribution in [0, 0.1) is 11.6 Å². The molecule has 4 rings (SSSR count). The van der Waals surface area contributed by atoms with Gasteiger partial charge >= 0.3 is 0 Å². The Kier molecular flexibility index (Phi) is 6.83. The molecular formula is C23H22BF2N5O3S. The lowest BCUT2D eigenvalue weighted by Crippen LogP contribution is -2.20. The highest BCUT2D eigenvalue weighted by Gasteiger charge is 2.23. The molecule has 0 radical (unpaired) electrons. The van der Waals surface area contributed by atoms with Crippen molar-refractivity contribution < 1.29 is 22.0 Å². The number of H-pyrrole nitrogens is 1. The van der Waals surface area contributed by atoms with Gasteiger partial charge in [0.25, 0.3) is 5.91 Å². The van der Waals surface area contributed by atoms with Crippen LogP contribution in [0.3, 0.4) is 0 Å². The van der Waals surface area contributed by atoms with Gasteiger partial charge in [-0.2, -0.15) is 0 Å². The van der Waals surface area contributed by atoms with Gasteiger partial charge in [0.05, 0.1) is 23.3 Å². The zero-order valence-electron chi connectivity index (χ0n) is 19.0. The maximum atomic E-state index is 14.9. The number of benzene rings is 2. The number of hydrogen-bond donors (Lipinski definition) is 3. The van der Waals surface area contributed by atoms with E-state index in [0.717, 1.165) is 23.2 Å². The van der Waals surface area contributed by atoms with E-state index in [1.807, 2.05) is 36.8 Å². The van der Waals surface area contributed by atoms with E-state index < -0.39 is 38.8 Å². The van der Waals surface area contributed by atoms with Gasteiger partial charge in [0.1, 0.15) is 30.6 Å². The summed E-state index contributed by atoms with van der Waals surface area (Å²) in [6.45, 7) is 1.65. The summed E-state index contributed by atoms with van der Waals surface area (Å²) in [5.41, 5.74) is 1.92. The van der Waals surface area contributed by atoms with Crippen molar-refractivity contribution in [2.75, 3.05) is 15.8 Å². The number of hydrogen-bond acceptors (Lipinski definition) is 5. The minimum absolute atomic E-state index is 0.173. The monoisotopic (exact) mass is 497 g/mol. The normalized spacial score (nSPS) is 11.5. The molecule has 0 fully saturated rings. The molecule has 0 bridgehead atoms. The number of nitrogens with one attached hydrogen (secondary N) is 3. The number of anilines is 2. The highest BCUT2D eigenvalue weighted by Crippen LogP contribution is 2.24. The fraction of sp³-hybridized carbons (Fsp3) is 0.174. The molecule has 180 valence electrons. The Hall–Kier alpha value is -3.80. The number of pyridine rings is 1. The standard InChI is InChI=1S/C23H22BF2N5O3S/c1-2-9-35(33,34)31-17-8-7-16(25)20(21(17)26)23(32)28-15-11-18-22(27-12-15)30-19(29-18)10-13-3-5-14(24)6-4-13/h3-8,11-12,31H,2,9-10,24H2,1H3,(H,28,32)(H,27,29,30). The van der Waals surface area contributed by atoms with Crippen molar-refractivity contribution in [1.82, 2.24) is 15.0 Å². The molecule has 35 heavy (non-hydrogen) atoms. The van der Waals surface area contributed by atoms with Crippen molar-refractivity contribution in [2.24, 2.45) is 0 Å². The largest absolute Gasteiger partial charge is 0.326 e. The molecule has 0 aliphatic carbocycles. The molecule has 2 aromatic carbocycles. The molecular weight excluding hydrogens is 475 g/mol. The van der Waals surface area contributed by atoms with Crippen LogP contribution in [0.5, 0.6) is 0 Å². The lowest BCUT2D eigenvalue weighted by Gasteiger charge is -2.12. The van der Waals surface area contributed by atoms with Crippen molar-refractivity contribution in [3.63, 3.8) is 0 Å². The van der Waals surface area contributed by atoms with Crippen LogP contribution in [0.25, 0.3) is 11.2 Å². The molecule has 0 saturated heterocycles. The van der Waals surface area contributed by atoms with Gasteiger partial charge in [0, 0.05) is 6.42 Å². The summed E-state index contributed by atoms with van der Waals surface area (Å²) in [4.78, 5) is 24.5. The van der Waals surface area contributed by atoms with Crippen molar-refractivity contribution in [3.05, 3.63) is 77.2 Å². The number of sulfonamides is 1. The first-order valence-corrected chi connectivity index (χ1v) is 12.5. The minimum Gasteiger partial charge on any atom is -0.326 e. The fourth-order valence-corrected chi connectivity index (χ4v) is 4.65. The number of aromatic nitrogens is 3. The molecule has 0 aliphatic heterocycles. The lowest BCUT2D eigenvalue weighted by molar-refractivity contribution is 0.101. The second kappa shape index (κ2) is 9.83. The molecule has 0 spiro atoms. The number of fused-ring (bicyclic) bond motifs is 1. The van der Waals surface area contributed by atoms with E-state index in [1.54, 1.807) is 6.92 Å². The zero-order chi connectivity index (χ0) is 25.2. The summed E-state index contributed by atoms with van der Waals surface area (Å²) in [5.74, 6) is -3.10. The SMILES string of the molecule is Bc1ccc(Cc2nc3cc(NC(=O)c4c(F)ccc(NS(=O)(=O)CCC)c4F)cnc3[nH]2)cc1. The van der Waals surface area contributed by atoms with Gasteiger partial charge in [-0.05, 0) is 30.2 Å². The molecule has 1 amide bonds. The van der Waals surface area contributed by atoms with Crippen LogP contribution in [-0.4, -0.2) is 42.9 Å². The van der Waals surface area contributed by atoms with Crippen molar-refractivity contribution >= 4 is 51.8 Å². The van der Waals surface area contributed by atoms with Gasteiger partial charge in [-0.3, -0.25) is 9.52 Å². The number of carbonyl (C=O) groups excluding carboxylic acids is 1. The Bertz CT molecular complexity index is 1510. The first-order chi connectivity index (χ1) is 16.6. The average Bonchev–Trinajstić information content (AvgIpc) is 3.19. The van der Waals surface area contributed by atoms with Crippen LogP contribution in [0.1, 0.15) is 35.1 Å². The van der Waals surface area contributed by atoms with Crippen LogP contribution in [0.15, 0.2) is 48.7 Å². The van der Waals surface area contributed by atoms with Gasteiger partial charge < -0.3 is 10.3 Å². The Balaban J connectivity index is 1.55. The second-order valence-electron chi connectivity index (χ2n) is 8.10. The highest BCUT2D eigenvalue weighted by atomic mass is 32.2. The number of halogens is 2. The summed E-state index contributed by atoms with van der Waals surface area (Å²) >= 11 is 0. The van der Waals surface area contributed by atoms with Gasteiger partial charge in [-0.15, -0.1) is 0 Å². The van der Waals surface area contributed by atoms with E-state index in [0.29, 0.717) is 29.8 Å². The van der Waals surface area contributed by atoms with Gasteiger partial charge in [0.2, 0.25) is 10.0 Å². The second-order valence-corrected chi connectivity index (χ2v) is 9.94. The van der Waals surface area contributed by atoms with E-state index in [1.165, 1.54) is 12.3 Å². The van der Waals surface area contributed by atoms with E-state index >= 15 is 0 Å². The molecule has 0 saturated carbocycles. The number of aromatic amines is 1. The fourth-order valence-electron chi connectivity index (χ4n) is 3.52. The van der Waals surface area contributed by atoms with Crippen LogP contribution in [-0.2, 0) is 16.4 Å².